The number of carboxylic acid groups (broad SMARTS) is 1. The number of fused-ring (bicyclic) bond motifs is 1. The topological polar surface area (TPSA) is 42.2 Å². The summed E-state index contributed by atoms with van der Waals surface area (Å²) in [4.78, 5) is 11.0. The molecule has 2 heterocycles. The molecule has 2 aromatic heterocycles. The molecule has 0 atom stereocenters. The van der Waals surface area contributed by atoms with Gasteiger partial charge in [-0.05, 0) is 35.0 Å². The van der Waals surface area contributed by atoms with Crippen LogP contribution in [0.1, 0.15) is 10.4 Å². The van der Waals surface area contributed by atoms with E-state index in [1.54, 1.807) is 23.5 Å². The molecule has 17 heavy (non-hydrogen) atoms. The van der Waals surface area contributed by atoms with Crippen molar-refractivity contribution in [3.05, 3.63) is 52.9 Å². The lowest BCUT2D eigenvalue weighted by molar-refractivity contribution is 0.0697. The SMILES string of the molecule is O=C(O)c1ccc2ccn(-c3ccsc3)c2c1. The van der Waals surface area contributed by atoms with E-state index < -0.39 is 5.97 Å². The molecule has 0 bridgehead atoms. The van der Waals surface area contributed by atoms with Gasteiger partial charge in [-0.2, -0.15) is 11.3 Å². The molecule has 3 rings (SSSR count). The Morgan fingerprint density at radius 1 is 1.24 bits per heavy atom. The average molecular weight is 243 g/mol. The van der Waals surface area contributed by atoms with Crippen LogP contribution >= 0.6 is 11.3 Å². The third kappa shape index (κ3) is 1.62. The van der Waals surface area contributed by atoms with E-state index in [-0.39, 0.29) is 0 Å². The maximum atomic E-state index is 11.0. The van der Waals surface area contributed by atoms with Crippen LogP contribution < -0.4 is 0 Å². The van der Waals surface area contributed by atoms with Gasteiger partial charge in [0.25, 0.3) is 0 Å². The summed E-state index contributed by atoms with van der Waals surface area (Å²) in [6, 6.07) is 9.16. The van der Waals surface area contributed by atoms with Crippen LogP contribution in [-0.2, 0) is 0 Å². The van der Waals surface area contributed by atoms with Crippen LogP contribution in [0.2, 0.25) is 0 Å². The zero-order valence-electron chi connectivity index (χ0n) is 8.83. The lowest BCUT2D eigenvalue weighted by Gasteiger charge is -2.02. The highest BCUT2D eigenvalue weighted by Crippen LogP contribution is 2.23. The molecule has 1 aromatic carbocycles. The maximum Gasteiger partial charge on any atom is 0.335 e. The summed E-state index contributed by atoms with van der Waals surface area (Å²) in [7, 11) is 0. The highest BCUT2D eigenvalue weighted by molar-refractivity contribution is 7.08. The molecule has 0 radical (unpaired) electrons. The van der Waals surface area contributed by atoms with Gasteiger partial charge in [0.15, 0.2) is 0 Å². The monoisotopic (exact) mass is 243 g/mol. The standard InChI is InChI=1S/C13H9NO2S/c15-13(16)10-2-1-9-3-5-14(12(9)7-10)11-4-6-17-8-11/h1-8H,(H,15,16). The van der Waals surface area contributed by atoms with Gasteiger partial charge in [-0.15, -0.1) is 0 Å². The Bertz CT molecular complexity index is 683. The number of nitrogens with zero attached hydrogens (tertiary/aromatic N) is 1. The molecule has 1 N–H and O–H groups in total. The zero-order valence-corrected chi connectivity index (χ0v) is 9.65. The summed E-state index contributed by atoms with van der Waals surface area (Å²) >= 11 is 1.62. The van der Waals surface area contributed by atoms with Crippen LogP contribution in [0, 0.1) is 0 Å². The molecule has 4 heteroatoms. The van der Waals surface area contributed by atoms with E-state index in [0.717, 1.165) is 16.6 Å². The number of rotatable bonds is 2. The second-order valence-electron chi connectivity index (χ2n) is 3.75. The molecule has 0 aliphatic carbocycles. The Morgan fingerprint density at radius 2 is 2.12 bits per heavy atom. The van der Waals surface area contributed by atoms with Gasteiger partial charge in [-0.1, -0.05) is 6.07 Å². The fraction of sp³-hybridized carbons (Fsp3) is 0. The summed E-state index contributed by atoms with van der Waals surface area (Å²) in [6.45, 7) is 0. The Balaban J connectivity index is 2.26. The third-order valence-electron chi connectivity index (χ3n) is 2.72. The van der Waals surface area contributed by atoms with E-state index in [0.29, 0.717) is 5.56 Å². The van der Waals surface area contributed by atoms with Crippen molar-refractivity contribution in [1.82, 2.24) is 4.57 Å². The zero-order chi connectivity index (χ0) is 11.8. The first kappa shape index (κ1) is 10.1. The molecular weight excluding hydrogens is 234 g/mol. The van der Waals surface area contributed by atoms with E-state index in [2.05, 4.69) is 0 Å². The highest BCUT2D eigenvalue weighted by atomic mass is 32.1. The van der Waals surface area contributed by atoms with Crippen molar-refractivity contribution >= 4 is 28.2 Å². The quantitative estimate of drug-likeness (QED) is 0.749. The summed E-state index contributed by atoms with van der Waals surface area (Å²) in [5.41, 5.74) is 2.29. The highest BCUT2D eigenvalue weighted by Gasteiger charge is 2.07. The van der Waals surface area contributed by atoms with Gasteiger partial charge in [-0.25, -0.2) is 4.79 Å². The minimum atomic E-state index is -0.898. The lowest BCUT2D eigenvalue weighted by Crippen LogP contribution is -1.96. The summed E-state index contributed by atoms with van der Waals surface area (Å²) < 4.78 is 2.00. The average Bonchev–Trinajstić information content (AvgIpc) is 2.96. The Kier molecular flexibility index (Phi) is 2.23. The second-order valence-corrected chi connectivity index (χ2v) is 4.53. The van der Waals surface area contributed by atoms with Crippen LogP contribution in [0.4, 0.5) is 0 Å². The van der Waals surface area contributed by atoms with Crippen molar-refractivity contribution < 1.29 is 9.90 Å². The number of carbonyl (C=O) groups is 1. The molecule has 0 aliphatic rings. The number of carboxylic acids is 1. The van der Waals surface area contributed by atoms with Gasteiger partial charge in [0.05, 0.1) is 16.8 Å². The van der Waals surface area contributed by atoms with Gasteiger partial charge in [0, 0.05) is 11.6 Å². The van der Waals surface area contributed by atoms with Gasteiger partial charge in [0.2, 0.25) is 0 Å². The molecule has 0 fully saturated rings. The number of hydrogen-bond acceptors (Lipinski definition) is 2. The van der Waals surface area contributed by atoms with Crippen LogP contribution in [0.3, 0.4) is 0 Å². The van der Waals surface area contributed by atoms with Gasteiger partial charge < -0.3 is 9.67 Å². The van der Waals surface area contributed by atoms with Crippen molar-refractivity contribution in [1.29, 1.82) is 0 Å². The largest absolute Gasteiger partial charge is 0.478 e. The first-order valence-corrected chi connectivity index (χ1v) is 6.07. The molecule has 0 aliphatic heterocycles. The van der Waals surface area contributed by atoms with Crippen LogP contribution in [0.25, 0.3) is 16.6 Å². The second kappa shape index (κ2) is 3.75. The lowest BCUT2D eigenvalue weighted by atomic mass is 10.1. The predicted octanol–water partition coefficient (Wildman–Crippen LogP) is 3.39. The smallest absolute Gasteiger partial charge is 0.335 e. The van der Waals surface area contributed by atoms with Gasteiger partial charge in [-0.3, -0.25) is 0 Å². The van der Waals surface area contributed by atoms with Crippen molar-refractivity contribution in [2.24, 2.45) is 0 Å². The van der Waals surface area contributed by atoms with Crippen molar-refractivity contribution in [3.8, 4) is 5.69 Å². The molecule has 0 amide bonds. The molecule has 0 unspecified atom stereocenters. The number of hydrogen-bond donors (Lipinski definition) is 1. The van der Waals surface area contributed by atoms with E-state index in [1.165, 1.54) is 0 Å². The minimum Gasteiger partial charge on any atom is -0.478 e. The molecule has 0 saturated heterocycles. The van der Waals surface area contributed by atoms with Crippen molar-refractivity contribution in [2.75, 3.05) is 0 Å². The Labute approximate surface area is 102 Å². The fourth-order valence-corrected chi connectivity index (χ4v) is 2.51. The molecule has 3 nitrogen and oxygen atoms in total. The summed E-state index contributed by atoms with van der Waals surface area (Å²) in [5.74, 6) is -0.898. The Hall–Kier alpha value is -2.07. The molecule has 0 spiro atoms. The number of aromatic nitrogens is 1. The van der Waals surface area contributed by atoms with E-state index in [9.17, 15) is 4.79 Å². The first-order valence-electron chi connectivity index (χ1n) is 5.13. The number of benzene rings is 1. The Morgan fingerprint density at radius 3 is 2.82 bits per heavy atom. The van der Waals surface area contributed by atoms with E-state index in [1.807, 2.05) is 39.7 Å². The number of thiophene rings is 1. The van der Waals surface area contributed by atoms with Crippen LogP contribution in [0.5, 0.6) is 0 Å². The van der Waals surface area contributed by atoms with Crippen molar-refractivity contribution in [3.63, 3.8) is 0 Å². The van der Waals surface area contributed by atoms with Crippen LogP contribution in [0.15, 0.2) is 47.3 Å². The molecular formula is C13H9NO2S. The van der Waals surface area contributed by atoms with Gasteiger partial charge >= 0.3 is 5.97 Å². The normalized spacial score (nSPS) is 10.8. The maximum absolute atomic E-state index is 11.0. The van der Waals surface area contributed by atoms with Crippen molar-refractivity contribution in [2.45, 2.75) is 0 Å². The van der Waals surface area contributed by atoms with E-state index >= 15 is 0 Å². The van der Waals surface area contributed by atoms with Crippen LogP contribution in [-0.4, -0.2) is 15.6 Å². The number of aromatic carboxylic acids is 1. The third-order valence-corrected chi connectivity index (χ3v) is 3.40. The van der Waals surface area contributed by atoms with E-state index in [4.69, 9.17) is 5.11 Å². The minimum absolute atomic E-state index is 0.313. The summed E-state index contributed by atoms with van der Waals surface area (Å²) in [5, 5.41) is 14.1. The summed E-state index contributed by atoms with van der Waals surface area (Å²) in [6.07, 6.45) is 1.96. The van der Waals surface area contributed by atoms with Gasteiger partial charge in [0.1, 0.15) is 0 Å². The predicted molar refractivity (Wildman–Crippen MR) is 68.1 cm³/mol. The molecule has 0 saturated carbocycles. The fourth-order valence-electron chi connectivity index (χ4n) is 1.88. The molecule has 3 aromatic rings. The molecule has 84 valence electrons. The first-order chi connectivity index (χ1) is 8.25.